The highest BCUT2D eigenvalue weighted by atomic mass is 19.2. The maximum absolute atomic E-state index is 15.5. The standard InChI is InChI=1S/C30H28F2N6O3/c1-33-22-12-21(31)26(32)24-17(22)11-23-25(24)27(36-6-2-3-7-36)19(14-34-23)16-10-18-28(39)20(30(40)41)15-38(29(18)35-13-16)37-8-4-5-9-37/h10,12-15,33H,2-9,11H2,1H3,(H,40,41). The van der Waals surface area contributed by atoms with Crippen molar-refractivity contribution < 1.29 is 18.7 Å². The lowest BCUT2D eigenvalue weighted by Crippen LogP contribution is -2.34. The van der Waals surface area contributed by atoms with E-state index in [0.29, 0.717) is 45.7 Å². The van der Waals surface area contributed by atoms with Gasteiger partial charge in [0.2, 0.25) is 5.43 Å². The average Bonchev–Trinajstić information content (AvgIpc) is 3.76. The second-order valence-electron chi connectivity index (χ2n) is 10.8. The molecule has 9 nitrogen and oxygen atoms in total. The van der Waals surface area contributed by atoms with Crippen LogP contribution in [0, 0.1) is 11.6 Å². The number of anilines is 2. The highest BCUT2D eigenvalue weighted by Gasteiger charge is 2.34. The number of carboxylic acid groups (broad SMARTS) is 1. The summed E-state index contributed by atoms with van der Waals surface area (Å²) in [6.45, 7) is 2.93. The summed E-state index contributed by atoms with van der Waals surface area (Å²) in [7, 11) is 1.68. The van der Waals surface area contributed by atoms with Crippen molar-refractivity contribution >= 4 is 28.4 Å². The number of carbonyl (C=O) groups is 1. The number of hydrogen-bond donors (Lipinski definition) is 2. The molecule has 0 spiro atoms. The first kappa shape index (κ1) is 25.4. The Morgan fingerprint density at radius 3 is 2.44 bits per heavy atom. The van der Waals surface area contributed by atoms with E-state index in [-0.39, 0.29) is 16.5 Å². The predicted molar refractivity (Wildman–Crippen MR) is 153 cm³/mol. The topological polar surface area (TPSA) is 104 Å². The van der Waals surface area contributed by atoms with Crippen LogP contribution in [0.2, 0.25) is 0 Å². The number of pyridine rings is 3. The Morgan fingerprint density at radius 1 is 1.00 bits per heavy atom. The molecule has 1 aliphatic carbocycles. The number of benzene rings is 1. The number of nitrogens with zero attached hydrogens (tertiary/aromatic N) is 5. The van der Waals surface area contributed by atoms with Crippen LogP contribution in [0.1, 0.15) is 47.3 Å². The third-order valence-electron chi connectivity index (χ3n) is 8.50. The van der Waals surface area contributed by atoms with Gasteiger partial charge in [-0.2, -0.15) is 0 Å². The van der Waals surface area contributed by atoms with Crippen LogP contribution in [0.5, 0.6) is 0 Å². The summed E-state index contributed by atoms with van der Waals surface area (Å²) >= 11 is 0. The molecule has 3 aromatic heterocycles. The lowest BCUT2D eigenvalue weighted by molar-refractivity contribution is 0.0695. The normalized spacial score (nSPS) is 16.0. The van der Waals surface area contributed by atoms with Crippen LogP contribution >= 0.6 is 0 Å². The zero-order chi connectivity index (χ0) is 28.4. The molecule has 4 aromatic rings. The van der Waals surface area contributed by atoms with Crippen molar-refractivity contribution in [2.45, 2.75) is 32.1 Å². The number of hydrogen-bond acceptors (Lipinski definition) is 7. The first-order valence-corrected chi connectivity index (χ1v) is 13.9. The summed E-state index contributed by atoms with van der Waals surface area (Å²) in [5.41, 5.74) is 3.94. The van der Waals surface area contributed by atoms with E-state index >= 15 is 4.39 Å². The molecular formula is C30H28F2N6O3. The minimum absolute atomic E-state index is 0.178. The van der Waals surface area contributed by atoms with Gasteiger partial charge in [0.15, 0.2) is 17.3 Å². The molecule has 11 heteroatoms. The number of nitrogens with one attached hydrogen (secondary N) is 1. The summed E-state index contributed by atoms with van der Waals surface area (Å²) in [5, 5.41) is 15.0. The Morgan fingerprint density at radius 2 is 1.73 bits per heavy atom. The van der Waals surface area contributed by atoms with Crippen LogP contribution in [0.4, 0.5) is 20.2 Å². The van der Waals surface area contributed by atoms with Crippen molar-refractivity contribution in [2.75, 3.05) is 48.5 Å². The molecule has 2 aliphatic heterocycles. The summed E-state index contributed by atoms with van der Waals surface area (Å²) in [6.07, 6.45) is 8.89. The molecule has 2 N–H and O–H groups in total. The fraction of sp³-hybridized carbons (Fsp3) is 0.333. The van der Waals surface area contributed by atoms with Crippen molar-refractivity contribution in [3.05, 3.63) is 69.4 Å². The molecular weight excluding hydrogens is 530 g/mol. The van der Waals surface area contributed by atoms with Gasteiger partial charge in [-0.1, -0.05) is 0 Å². The van der Waals surface area contributed by atoms with Crippen molar-refractivity contribution in [1.82, 2.24) is 14.6 Å². The van der Waals surface area contributed by atoms with E-state index in [1.807, 2.05) is 5.01 Å². The van der Waals surface area contributed by atoms with E-state index in [4.69, 9.17) is 4.98 Å². The Labute approximate surface area is 234 Å². The zero-order valence-electron chi connectivity index (χ0n) is 22.5. The maximum Gasteiger partial charge on any atom is 0.341 e. The Balaban J connectivity index is 1.49. The number of aromatic carboxylic acids is 1. The van der Waals surface area contributed by atoms with Crippen LogP contribution in [0.3, 0.4) is 0 Å². The molecule has 3 aliphatic rings. The second kappa shape index (κ2) is 9.53. The van der Waals surface area contributed by atoms with Gasteiger partial charge in [0, 0.05) is 92.2 Å². The zero-order valence-corrected chi connectivity index (χ0v) is 22.5. The van der Waals surface area contributed by atoms with Gasteiger partial charge in [-0.25, -0.2) is 23.2 Å². The van der Waals surface area contributed by atoms with Gasteiger partial charge in [0.1, 0.15) is 5.56 Å². The second-order valence-corrected chi connectivity index (χ2v) is 10.8. The van der Waals surface area contributed by atoms with Gasteiger partial charge in [0.05, 0.1) is 16.8 Å². The fourth-order valence-electron chi connectivity index (χ4n) is 6.54. The monoisotopic (exact) mass is 558 g/mol. The lowest BCUT2D eigenvalue weighted by atomic mass is 9.97. The number of carboxylic acids is 1. The quantitative estimate of drug-likeness (QED) is 0.328. The highest BCUT2D eigenvalue weighted by molar-refractivity contribution is 5.98. The smallest absolute Gasteiger partial charge is 0.341 e. The number of halogens is 2. The van der Waals surface area contributed by atoms with Gasteiger partial charge < -0.3 is 20.3 Å². The van der Waals surface area contributed by atoms with Crippen molar-refractivity contribution in [1.29, 1.82) is 0 Å². The summed E-state index contributed by atoms with van der Waals surface area (Å²) in [4.78, 5) is 36.9. The van der Waals surface area contributed by atoms with Crippen molar-refractivity contribution in [2.24, 2.45) is 0 Å². The Bertz CT molecular complexity index is 1810. The molecule has 0 unspecified atom stereocenters. The summed E-state index contributed by atoms with van der Waals surface area (Å²) in [6, 6.07) is 2.83. The molecule has 2 fully saturated rings. The number of fused-ring (bicyclic) bond motifs is 4. The molecule has 7 rings (SSSR count). The first-order chi connectivity index (χ1) is 19.9. The largest absolute Gasteiger partial charge is 0.477 e. The van der Waals surface area contributed by atoms with Gasteiger partial charge in [-0.15, -0.1) is 0 Å². The minimum atomic E-state index is -1.30. The molecule has 0 amide bonds. The van der Waals surface area contributed by atoms with Crippen LogP contribution in [0.25, 0.3) is 33.3 Å². The van der Waals surface area contributed by atoms with E-state index in [2.05, 4.69) is 15.2 Å². The van der Waals surface area contributed by atoms with Gasteiger partial charge in [0.25, 0.3) is 0 Å². The van der Waals surface area contributed by atoms with Crippen LogP contribution < -0.4 is 20.7 Å². The lowest BCUT2D eigenvalue weighted by Gasteiger charge is -2.26. The van der Waals surface area contributed by atoms with Crippen LogP contribution in [-0.4, -0.2) is 58.9 Å². The fourth-order valence-corrected chi connectivity index (χ4v) is 6.54. The molecule has 41 heavy (non-hydrogen) atoms. The van der Waals surface area contributed by atoms with Crippen LogP contribution in [-0.2, 0) is 6.42 Å². The molecule has 0 saturated carbocycles. The van der Waals surface area contributed by atoms with Gasteiger partial charge >= 0.3 is 5.97 Å². The molecule has 1 aromatic carbocycles. The van der Waals surface area contributed by atoms with Crippen molar-refractivity contribution in [3.63, 3.8) is 0 Å². The number of rotatable bonds is 5. The Hall–Kier alpha value is -4.54. The van der Waals surface area contributed by atoms with Gasteiger partial charge in [-0.3, -0.25) is 9.78 Å². The van der Waals surface area contributed by atoms with Gasteiger partial charge in [-0.05, 0) is 37.3 Å². The molecule has 0 atom stereocenters. The Kier molecular flexibility index (Phi) is 5.91. The minimum Gasteiger partial charge on any atom is -0.477 e. The molecule has 2 saturated heterocycles. The SMILES string of the molecule is CNc1cc(F)c(F)c2c1Cc1ncc(-c3cnc4c(c3)c(=O)c(C(=O)O)cn4N3CCCC3)c(N3CCCC3)c1-2. The summed E-state index contributed by atoms with van der Waals surface area (Å²) in [5.74, 6) is -3.15. The predicted octanol–water partition coefficient (Wildman–Crippen LogP) is 4.38. The van der Waals surface area contributed by atoms with E-state index in [0.717, 1.165) is 57.5 Å². The molecule has 0 bridgehead atoms. The summed E-state index contributed by atoms with van der Waals surface area (Å²) < 4.78 is 32.0. The number of aromatic nitrogens is 3. The molecule has 5 heterocycles. The van der Waals surface area contributed by atoms with E-state index in [1.54, 1.807) is 30.2 Å². The third-order valence-corrected chi connectivity index (χ3v) is 8.50. The van der Waals surface area contributed by atoms with Crippen LogP contribution in [0.15, 0.2) is 35.5 Å². The van der Waals surface area contributed by atoms with Crippen molar-refractivity contribution in [3.8, 4) is 22.3 Å². The average molecular weight is 559 g/mol. The maximum atomic E-state index is 15.5. The van der Waals surface area contributed by atoms with E-state index < -0.39 is 23.0 Å². The highest BCUT2D eigenvalue weighted by Crippen LogP contribution is 2.50. The molecule has 210 valence electrons. The molecule has 0 radical (unpaired) electrons. The first-order valence-electron chi connectivity index (χ1n) is 13.9. The third kappa shape index (κ3) is 3.86. The van der Waals surface area contributed by atoms with E-state index in [1.165, 1.54) is 12.3 Å². The van der Waals surface area contributed by atoms with E-state index in [9.17, 15) is 19.1 Å².